The van der Waals surface area contributed by atoms with Crippen molar-refractivity contribution in [2.75, 3.05) is 20.1 Å². The molecule has 1 amide bonds. The Morgan fingerprint density at radius 3 is 2.78 bits per heavy atom. The summed E-state index contributed by atoms with van der Waals surface area (Å²) >= 11 is 5.82. The minimum absolute atomic E-state index is 0.0650. The second-order valence-electron chi connectivity index (χ2n) is 4.81. The highest BCUT2D eigenvalue weighted by Crippen LogP contribution is 2.14. The van der Waals surface area contributed by atoms with E-state index in [-0.39, 0.29) is 11.9 Å². The number of hydrogen-bond acceptors (Lipinski definition) is 2. The summed E-state index contributed by atoms with van der Waals surface area (Å²) in [4.78, 5) is 14.0. The standard InChI is InChI=1S/C14H19ClN2O/c1-17-10-2-3-13(17)14(18)16-9-8-11-4-6-12(15)7-5-11/h4-7,13H,2-3,8-10H2,1H3,(H,16,18). The lowest BCUT2D eigenvalue weighted by Crippen LogP contribution is -2.42. The number of carbonyl (C=O) groups is 1. The molecule has 1 unspecified atom stereocenters. The van der Waals surface area contributed by atoms with Crippen molar-refractivity contribution >= 4 is 17.5 Å². The van der Waals surface area contributed by atoms with Crippen molar-refractivity contribution in [2.24, 2.45) is 0 Å². The predicted molar refractivity (Wildman–Crippen MR) is 73.8 cm³/mol. The molecule has 98 valence electrons. The molecule has 0 spiro atoms. The summed E-state index contributed by atoms with van der Waals surface area (Å²) in [5.41, 5.74) is 1.19. The van der Waals surface area contributed by atoms with Gasteiger partial charge in [-0.05, 0) is 50.6 Å². The summed E-state index contributed by atoms with van der Waals surface area (Å²) in [5.74, 6) is 0.156. The summed E-state index contributed by atoms with van der Waals surface area (Å²) in [5, 5.41) is 3.75. The van der Waals surface area contributed by atoms with Crippen LogP contribution < -0.4 is 5.32 Å². The number of likely N-dealkylation sites (tertiary alicyclic amines) is 1. The molecule has 0 radical (unpaired) electrons. The molecule has 0 bridgehead atoms. The maximum absolute atomic E-state index is 11.9. The first-order chi connectivity index (χ1) is 8.66. The third-order valence-electron chi connectivity index (χ3n) is 3.45. The summed E-state index contributed by atoms with van der Waals surface area (Å²) in [6.45, 7) is 1.71. The molecule has 1 aliphatic rings. The van der Waals surface area contributed by atoms with E-state index in [0.717, 1.165) is 30.8 Å². The fourth-order valence-corrected chi connectivity index (χ4v) is 2.47. The number of rotatable bonds is 4. The molecule has 18 heavy (non-hydrogen) atoms. The largest absolute Gasteiger partial charge is 0.354 e. The van der Waals surface area contributed by atoms with Crippen molar-refractivity contribution in [1.29, 1.82) is 0 Å². The minimum atomic E-state index is 0.0650. The zero-order valence-electron chi connectivity index (χ0n) is 10.7. The Hall–Kier alpha value is -1.06. The number of nitrogens with zero attached hydrogens (tertiary/aromatic N) is 1. The van der Waals surface area contributed by atoms with E-state index in [0.29, 0.717) is 6.54 Å². The van der Waals surface area contributed by atoms with Gasteiger partial charge in [-0.15, -0.1) is 0 Å². The van der Waals surface area contributed by atoms with Crippen LogP contribution in [0.1, 0.15) is 18.4 Å². The summed E-state index contributed by atoms with van der Waals surface area (Å²) in [6.07, 6.45) is 2.94. The molecule has 1 aromatic carbocycles. The minimum Gasteiger partial charge on any atom is -0.354 e. The zero-order chi connectivity index (χ0) is 13.0. The van der Waals surface area contributed by atoms with E-state index in [9.17, 15) is 4.79 Å². The molecule has 1 aromatic rings. The van der Waals surface area contributed by atoms with Crippen LogP contribution in [0.25, 0.3) is 0 Å². The van der Waals surface area contributed by atoms with E-state index < -0.39 is 0 Å². The Bertz CT molecular complexity index is 405. The number of amides is 1. The molecule has 1 aliphatic heterocycles. The molecule has 4 heteroatoms. The van der Waals surface area contributed by atoms with Gasteiger partial charge in [-0.1, -0.05) is 23.7 Å². The average molecular weight is 267 g/mol. The Balaban J connectivity index is 1.75. The smallest absolute Gasteiger partial charge is 0.237 e. The number of nitrogens with one attached hydrogen (secondary N) is 1. The van der Waals surface area contributed by atoms with Gasteiger partial charge < -0.3 is 5.32 Å². The number of halogens is 1. The van der Waals surface area contributed by atoms with Crippen LogP contribution in [0.2, 0.25) is 5.02 Å². The molecular formula is C14H19ClN2O. The van der Waals surface area contributed by atoms with Crippen LogP contribution >= 0.6 is 11.6 Å². The number of hydrogen-bond donors (Lipinski definition) is 1. The summed E-state index contributed by atoms with van der Waals surface area (Å²) < 4.78 is 0. The Morgan fingerprint density at radius 1 is 1.44 bits per heavy atom. The van der Waals surface area contributed by atoms with Gasteiger partial charge in [0, 0.05) is 11.6 Å². The van der Waals surface area contributed by atoms with Gasteiger partial charge >= 0.3 is 0 Å². The first kappa shape index (κ1) is 13.4. The predicted octanol–water partition coefficient (Wildman–Crippen LogP) is 2.09. The van der Waals surface area contributed by atoms with E-state index >= 15 is 0 Å². The SMILES string of the molecule is CN1CCCC1C(=O)NCCc1ccc(Cl)cc1. The van der Waals surface area contributed by atoms with Crippen LogP contribution in [0.5, 0.6) is 0 Å². The lowest BCUT2D eigenvalue weighted by Gasteiger charge is -2.18. The monoisotopic (exact) mass is 266 g/mol. The molecule has 3 nitrogen and oxygen atoms in total. The van der Waals surface area contributed by atoms with Crippen LogP contribution in [0, 0.1) is 0 Å². The molecule has 0 aromatic heterocycles. The topological polar surface area (TPSA) is 32.3 Å². The van der Waals surface area contributed by atoms with Crippen LogP contribution in [0.4, 0.5) is 0 Å². The van der Waals surface area contributed by atoms with E-state index in [1.165, 1.54) is 5.56 Å². The molecule has 2 rings (SSSR count). The Kier molecular flexibility index (Phi) is 4.61. The quantitative estimate of drug-likeness (QED) is 0.905. The van der Waals surface area contributed by atoms with Gasteiger partial charge in [0.2, 0.25) is 5.91 Å². The maximum atomic E-state index is 11.9. The third-order valence-corrected chi connectivity index (χ3v) is 3.70. The van der Waals surface area contributed by atoms with Crippen LogP contribution in [-0.2, 0) is 11.2 Å². The number of likely N-dealkylation sites (N-methyl/N-ethyl adjacent to an activating group) is 1. The maximum Gasteiger partial charge on any atom is 0.237 e. The van der Waals surface area contributed by atoms with E-state index in [4.69, 9.17) is 11.6 Å². The normalized spacial score (nSPS) is 20.0. The molecule has 1 N–H and O–H groups in total. The van der Waals surface area contributed by atoms with Crippen molar-refractivity contribution in [1.82, 2.24) is 10.2 Å². The van der Waals surface area contributed by atoms with Crippen molar-refractivity contribution < 1.29 is 4.79 Å². The fourth-order valence-electron chi connectivity index (χ4n) is 2.34. The number of benzene rings is 1. The van der Waals surface area contributed by atoms with Crippen LogP contribution in [0.15, 0.2) is 24.3 Å². The lowest BCUT2D eigenvalue weighted by atomic mass is 10.1. The molecular weight excluding hydrogens is 248 g/mol. The molecule has 1 atom stereocenters. The van der Waals surface area contributed by atoms with Gasteiger partial charge in [0.25, 0.3) is 0 Å². The van der Waals surface area contributed by atoms with E-state index in [1.807, 2.05) is 31.3 Å². The molecule has 0 aliphatic carbocycles. The second kappa shape index (κ2) is 6.21. The van der Waals surface area contributed by atoms with Crippen molar-refractivity contribution in [2.45, 2.75) is 25.3 Å². The first-order valence-electron chi connectivity index (χ1n) is 6.39. The fraction of sp³-hybridized carbons (Fsp3) is 0.500. The van der Waals surface area contributed by atoms with Crippen LogP contribution in [-0.4, -0.2) is 37.0 Å². The second-order valence-corrected chi connectivity index (χ2v) is 5.24. The first-order valence-corrected chi connectivity index (χ1v) is 6.77. The summed E-state index contributed by atoms with van der Waals surface area (Å²) in [7, 11) is 2.01. The van der Waals surface area contributed by atoms with Gasteiger partial charge in [-0.3, -0.25) is 9.69 Å². The van der Waals surface area contributed by atoms with Gasteiger partial charge in [-0.25, -0.2) is 0 Å². The highest BCUT2D eigenvalue weighted by Gasteiger charge is 2.27. The van der Waals surface area contributed by atoms with Gasteiger partial charge in [0.1, 0.15) is 0 Å². The zero-order valence-corrected chi connectivity index (χ0v) is 11.4. The van der Waals surface area contributed by atoms with Gasteiger partial charge in [0.15, 0.2) is 0 Å². The number of carbonyl (C=O) groups excluding carboxylic acids is 1. The van der Waals surface area contributed by atoms with Crippen molar-refractivity contribution in [3.63, 3.8) is 0 Å². The molecule has 1 heterocycles. The highest BCUT2D eigenvalue weighted by molar-refractivity contribution is 6.30. The average Bonchev–Trinajstić information content (AvgIpc) is 2.78. The molecule has 1 saturated heterocycles. The highest BCUT2D eigenvalue weighted by atomic mass is 35.5. The van der Waals surface area contributed by atoms with Gasteiger partial charge in [0.05, 0.1) is 6.04 Å². The lowest BCUT2D eigenvalue weighted by molar-refractivity contribution is -0.125. The van der Waals surface area contributed by atoms with E-state index in [2.05, 4.69) is 10.2 Å². The van der Waals surface area contributed by atoms with Gasteiger partial charge in [-0.2, -0.15) is 0 Å². The van der Waals surface area contributed by atoms with Crippen molar-refractivity contribution in [3.05, 3.63) is 34.9 Å². The Labute approximate surface area is 113 Å². The van der Waals surface area contributed by atoms with Crippen LogP contribution in [0.3, 0.4) is 0 Å². The van der Waals surface area contributed by atoms with Crippen molar-refractivity contribution in [3.8, 4) is 0 Å². The third kappa shape index (κ3) is 3.47. The Morgan fingerprint density at radius 2 is 2.17 bits per heavy atom. The molecule has 1 fully saturated rings. The summed E-state index contributed by atoms with van der Waals surface area (Å²) in [6, 6.07) is 7.81. The van der Waals surface area contributed by atoms with E-state index in [1.54, 1.807) is 0 Å². The molecule has 0 saturated carbocycles.